The van der Waals surface area contributed by atoms with Gasteiger partial charge in [-0.05, 0) is 18.6 Å². The smallest absolute Gasteiger partial charge is 0.258 e. The van der Waals surface area contributed by atoms with E-state index in [1.165, 1.54) is 0 Å². The van der Waals surface area contributed by atoms with Crippen LogP contribution in [0.5, 0.6) is 11.5 Å². The van der Waals surface area contributed by atoms with E-state index in [1.54, 1.807) is 19.2 Å². The molecule has 20 heavy (non-hydrogen) atoms. The van der Waals surface area contributed by atoms with Gasteiger partial charge in [-0.3, -0.25) is 4.79 Å². The second kappa shape index (κ2) is 10.1. The summed E-state index contributed by atoms with van der Waals surface area (Å²) >= 11 is 0. The first-order valence-electron chi connectivity index (χ1n) is 6.87. The highest BCUT2D eigenvalue weighted by Gasteiger charge is 2.03. The summed E-state index contributed by atoms with van der Waals surface area (Å²) in [7, 11) is 1.59. The van der Waals surface area contributed by atoms with Gasteiger partial charge in [0.2, 0.25) is 0 Å². The van der Waals surface area contributed by atoms with Gasteiger partial charge in [-0.2, -0.15) is 0 Å². The second-order valence-electron chi connectivity index (χ2n) is 4.31. The molecule has 0 radical (unpaired) electrons. The fraction of sp³-hybridized carbons (Fsp3) is 0.533. The van der Waals surface area contributed by atoms with Crippen LogP contribution in [0.2, 0.25) is 0 Å². The van der Waals surface area contributed by atoms with Gasteiger partial charge >= 0.3 is 0 Å². The molecule has 0 bridgehead atoms. The predicted octanol–water partition coefficient (Wildman–Crippen LogP) is 2.01. The van der Waals surface area contributed by atoms with E-state index in [0.717, 1.165) is 18.6 Å². The third kappa shape index (κ3) is 6.99. The Morgan fingerprint density at radius 3 is 2.65 bits per heavy atom. The molecule has 5 heteroatoms. The van der Waals surface area contributed by atoms with E-state index < -0.39 is 0 Å². The van der Waals surface area contributed by atoms with Gasteiger partial charge in [-0.25, -0.2) is 0 Å². The second-order valence-corrected chi connectivity index (χ2v) is 4.31. The van der Waals surface area contributed by atoms with Crippen LogP contribution in [0.15, 0.2) is 24.3 Å². The van der Waals surface area contributed by atoms with Crippen molar-refractivity contribution < 1.29 is 19.0 Å². The van der Waals surface area contributed by atoms with E-state index in [2.05, 4.69) is 12.2 Å². The van der Waals surface area contributed by atoms with Crippen molar-refractivity contribution in [3.8, 4) is 11.5 Å². The Balaban J connectivity index is 2.32. The lowest BCUT2D eigenvalue weighted by atomic mass is 10.3. The van der Waals surface area contributed by atoms with Gasteiger partial charge in [0.05, 0.1) is 13.2 Å². The molecule has 0 fully saturated rings. The van der Waals surface area contributed by atoms with Crippen molar-refractivity contribution in [1.82, 2.24) is 5.32 Å². The number of rotatable bonds is 10. The molecular formula is C15H23NO4. The van der Waals surface area contributed by atoms with Crippen LogP contribution in [0.25, 0.3) is 0 Å². The minimum atomic E-state index is -0.167. The van der Waals surface area contributed by atoms with Crippen molar-refractivity contribution in [2.45, 2.75) is 19.8 Å². The normalized spacial score (nSPS) is 10.1. The Labute approximate surface area is 120 Å². The number of unbranched alkanes of at least 4 members (excludes halogenated alkanes) is 1. The highest BCUT2D eigenvalue weighted by molar-refractivity contribution is 5.77. The molecule has 0 aliphatic heterocycles. The van der Waals surface area contributed by atoms with Gasteiger partial charge in [0.1, 0.15) is 11.5 Å². The number of carbonyl (C=O) groups is 1. The van der Waals surface area contributed by atoms with Gasteiger partial charge in [-0.15, -0.1) is 0 Å². The van der Waals surface area contributed by atoms with Gasteiger partial charge < -0.3 is 19.5 Å². The van der Waals surface area contributed by atoms with Crippen LogP contribution in [0.1, 0.15) is 19.8 Å². The number of carbonyl (C=O) groups excluding carboxylic acids is 1. The Morgan fingerprint density at radius 2 is 1.95 bits per heavy atom. The SMILES string of the molecule is CCCCOc1cccc(OCC(=O)NCCOC)c1. The quantitative estimate of drug-likeness (QED) is 0.667. The number of hydrogen-bond donors (Lipinski definition) is 1. The maximum atomic E-state index is 11.5. The number of methoxy groups -OCH3 is 1. The molecule has 5 nitrogen and oxygen atoms in total. The Kier molecular flexibility index (Phi) is 8.22. The largest absolute Gasteiger partial charge is 0.493 e. The van der Waals surface area contributed by atoms with Gasteiger partial charge in [0.25, 0.3) is 5.91 Å². The highest BCUT2D eigenvalue weighted by atomic mass is 16.5. The molecule has 0 spiro atoms. The van der Waals surface area contributed by atoms with E-state index >= 15 is 0 Å². The molecule has 1 aromatic rings. The fourth-order valence-corrected chi connectivity index (χ4v) is 1.48. The molecular weight excluding hydrogens is 258 g/mol. The zero-order valence-corrected chi connectivity index (χ0v) is 12.2. The molecule has 1 rings (SSSR count). The van der Waals surface area contributed by atoms with Crippen molar-refractivity contribution in [3.05, 3.63) is 24.3 Å². The molecule has 1 N–H and O–H groups in total. The van der Waals surface area contributed by atoms with Crippen molar-refractivity contribution >= 4 is 5.91 Å². The summed E-state index contributed by atoms with van der Waals surface area (Å²) < 4.78 is 15.8. The lowest BCUT2D eigenvalue weighted by molar-refractivity contribution is -0.123. The first-order valence-corrected chi connectivity index (χ1v) is 6.87. The van der Waals surface area contributed by atoms with Crippen LogP contribution >= 0.6 is 0 Å². The third-order valence-corrected chi connectivity index (χ3v) is 2.57. The van der Waals surface area contributed by atoms with Gasteiger partial charge in [0, 0.05) is 19.7 Å². The van der Waals surface area contributed by atoms with Crippen LogP contribution < -0.4 is 14.8 Å². The molecule has 0 aliphatic carbocycles. The Bertz CT molecular complexity index is 395. The van der Waals surface area contributed by atoms with Crippen LogP contribution in [-0.4, -0.2) is 39.4 Å². The molecule has 112 valence electrons. The molecule has 0 saturated carbocycles. The predicted molar refractivity (Wildman–Crippen MR) is 77.2 cm³/mol. The molecule has 0 heterocycles. The zero-order chi connectivity index (χ0) is 14.6. The summed E-state index contributed by atoms with van der Waals surface area (Å²) in [5.74, 6) is 1.22. The topological polar surface area (TPSA) is 56.8 Å². The van der Waals surface area contributed by atoms with E-state index in [0.29, 0.717) is 25.5 Å². The monoisotopic (exact) mass is 281 g/mol. The maximum absolute atomic E-state index is 11.5. The van der Waals surface area contributed by atoms with Crippen molar-refractivity contribution in [2.75, 3.05) is 33.5 Å². The average molecular weight is 281 g/mol. The molecule has 1 amide bonds. The Morgan fingerprint density at radius 1 is 1.20 bits per heavy atom. The first kappa shape index (κ1) is 16.3. The molecule has 0 saturated heterocycles. The van der Waals surface area contributed by atoms with Crippen LogP contribution in [0.3, 0.4) is 0 Å². The lowest BCUT2D eigenvalue weighted by Gasteiger charge is -2.09. The van der Waals surface area contributed by atoms with Crippen LogP contribution in [0.4, 0.5) is 0 Å². The van der Waals surface area contributed by atoms with E-state index in [-0.39, 0.29) is 12.5 Å². The molecule has 0 aromatic heterocycles. The minimum Gasteiger partial charge on any atom is -0.493 e. The number of amides is 1. The maximum Gasteiger partial charge on any atom is 0.258 e. The van der Waals surface area contributed by atoms with E-state index in [4.69, 9.17) is 14.2 Å². The standard InChI is InChI=1S/C15H23NO4/c1-3-4-9-19-13-6-5-7-14(11-13)20-12-15(17)16-8-10-18-2/h5-7,11H,3-4,8-10,12H2,1-2H3,(H,16,17). The van der Waals surface area contributed by atoms with Crippen LogP contribution in [0, 0.1) is 0 Å². The zero-order valence-electron chi connectivity index (χ0n) is 12.2. The summed E-state index contributed by atoms with van der Waals surface area (Å²) in [5.41, 5.74) is 0. The summed E-state index contributed by atoms with van der Waals surface area (Å²) in [6.07, 6.45) is 2.12. The summed E-state index contributed by atoms with van der Waals surface area (Å²) in [5, 5.41) is 2.69. The molecule has 0 atom stereocenters. The van der Waals surface area contributed by atoms with E-state index in [9.17, 15) is 4.79 Å². The first-order chi connectivity index (χ1) is 9.76. The number of hydrogen-bond acceptors (Lipinski definition) is 4. The fourth-order valence-electron chi connectivity index (χ4n) is 1.48. The summed E-state index contributed by atoms with van der Waals surface area (Å²) in [6, 6.07) is 7.31. The van der Waals surface area contributed by atoms with Crippen molar-refractivity contribution in [3.63, 3.8) is 0 Å². The number of benzene rings is 1. The highest BCUT2D eigenvalue weighted by Crippen LogP contribution is 2.19. The third-order valence-electron chi connectivity index (χ3n) is 2.57. The number of ether oxygens (including phenoxy) is 3. The molecule has 0 unspecified atom stereocenters. The van der Waals surface area contributed by atoms with Crippen molar-refractivity contribution in [2.24, 2.45) is 0 Å². The number of nitrogens with one attached hydrogen (secondary N) is 1. The molecule has 1 aromatic carbocycles. The van der Waals surface area contributed by atoms with Crippen LogP contribution in [-0.2, 0) is 9.53 Å². The van der Waals surface area contributed by atoms with Gasteiger partial charge in [-0.1, -0.05) is 19.4 Å². The minimum absolute atomic E-state index is 0.0118. The lowest BCUT2D eigenvalue weighted by Crippen LogP contribution is -2.31. The summed E-state index contributed by atoms with van der Waals surface area (Å²) in [4.78, 5) is 11.5. The van der Waals surface area contributed by atoms with Crippen molar-refractivity contribution in [1.29, 1.82) is 0 Å². The Hall–Kier alpha value is -1.75. The average Bonchev–Trinajstić information content (AvgIpc) is 2.46. The van der Waals surface area contributed by atoms with E-state index in [1.807, 2.05) is 12.1 Å². The van der Waals surface area contributed by atoms with Gasteiger partial charge in [0.15, 0.2) is 6.61 Å². The summed E-state index contributed by atoms with van der Waals surface area (Å²) in [6.45, 7) is 3.77. The molecule has 0 aliphatic rings.